The zero-order chi connectivity index (χ0) is 48.3. The number of fused-ring (bicyclic) bond motifs is 2. The molecule has 12 nitrogen and oxygen atoms in total. The van der Waals surface area contributed by atoms with E-state index in [2.05, 4.69) is 155 Å². The summed E-state index contributed by atoms with van der Waals surface area (Å²) in [6.45, 7) is 6.92. The molecule has 4 aliphatic rings. The number of carboxylic acid groups (broad SMARTS) is 2. The van der Waals surface area contributed by atoms with Gasteiger partial charge in [0.15, 0.2) is 23.0 Å². The van der Waals surface area contributed by atoms with Crippen molar-refractivity contribution < 1.29 is 48.2 Å². The lowest BCUT2D eigenvalue weighted by Gasteiger charge is -2.35. The van der Waals surface area contributed by atoms with E-state index in [-0.39, 0.29) is 24.4 Å². The van der Waals surface area contributed by atoms with Crippen LogP contribution in [0.25, 0.3) is 0 Å². The van der Waals surface area contributed by atoms with Gasteiger partial charge < -0.3 is 48.4 Å². The quantitative estimate of drug-likeness (QED) is 0.0894. The molecule has 0 radical (unpaired) electrons. The van der Waals surface area contributed by atoms with Crippen LogP contribution in [0.2, 0.25) is 0 Å². The molecule has 2 fully saturated rings. The highest BCUT2D eigenvalue weighted by molar-refractivity contribution is 5.89. The Bertz CT molecular complexity index is 2320. The number of rotatable bonds is 16. The molecule has 6 aromatic rings. The van der Waals surface area contributed by atoms with Crippen molar-refractivity contribution in [1.29, 1.82) is 0 Å². The molecule has 364 valence electrons. The molecule has 0 aliphatic carbocycles. The number of ether oxygens (including phenoxy) is 6. The Balaban J connectivity index is 0.000000163. The van der Waals surface area contributed by atoms with Gasteiger partial charge in [-0.25, -0.2) is 9.59 Å². The van der Waals surface area contributed by atoms with Crippen LogP contribution in [-0.4, -0.2) is 97.0 Å². The highest BCUT2D eigenvalue weighted by Gasteiger charge is 2.27. The summed E-state index contributed by atoms with van der Waals surface area (Å²) in [7, 11) is 0. The van der Waals surface area contributed by atoms with Crippen LogP contribution < -0.4 is 18.9 Å². The molecule has 6 aromatic carbocycles. The van der Waals surface area contributed by atoms with Crippen molar-refractivity contribution in [2.75, 3.05) is 52.9 Å². The van der Waals surface area contributed by atoms with Gasteiger partial charge in [-0.05, 0) is 109 Å². The third-order valence-electron chi connectivity index (χ3n) is 12.7. The van der Waals surface area contributed by atoms with Crippen molar-refractivity contribution in [1.82, 2.24) is 9.80 Å². The standard InChI is InChI=1S/2C27H29NO3.C4H4O4/c2*1-3-8-22(9-4-1)27(23-10-5-2-6-11-23)31-24-12-7-16-28(19-24)17-15-21-13-14-25-26(18-21)30-20-29-25;5-3(6)1-2-4(7)8/h2*1-6,8-11,13-14,18,24,27H,7,12,15-17,19-20H2;1-2H,(H,5,6)(H,7,8)/b;;2-1+. The molecular weight excluding hydrogens is 885 g/mol. The van der Waals surface area contributed by atoms with Gasteiger partial charge in [0.1, 0.15) is 12.2 Å². The predicted octanol–water partition coefficient (Wildman–Crippen LogP) is 10.2. The van der Waals surface area contributed by atoms with Gasteiger partial charge in [0.2, 0.25) is 13.6 Å². The summed E-state index contributed by atoms with van der Waals surface area (Å²) in [6, 6.07) is 54.8. The van der Waals surface area contributed by atoms with Crippen molar-refractivity contribution in [3.05, 3.63) is 203 Å². The fraction of sp³-hybridized carbons (Fsp3) is 0.310. The summed E-state index contributed by atoms with van der Waals surface area (Å²) in [5, 5.41) is 15.6. The van der Waals surface area contributed by atoms with E-state index in [9.17, 15) is 9.59 Å². The number of carboxylic acids is 2. The van der Waals surface area contributed by atoms with Gasteiger partial charge in [0.25, 0.3) is 0 Å². The molecule has 12 heteroatoms. The van der Waals surface area contributed by atoms with Crippen LogP contribution in [-0.2, 0) is 31.9 Å². The largest absolute Gasteiger partial charge is 0.478 e. The molecule has 0 aromatic heterocycles. The molecule has 2 saturated heterocycles. The second-order valence-electron chi connectivity index (χ2n) is 17.7. The second-order valence-corrected chi connectivity index (χ2v) is 17.7. The average Bonchev–Trinajstić information content (AvgIpc) is 4.09. The summed E-state index contributed by atoms with van der Waals surface area (Å²) < 4.78 is 35.3. The Kier molecular flexibility index (Phi) is 18.1. The third-order valence-corrected chi connectivity index (χ3v) is 12.7. The van der Waals surface area contributed by atoms with E-state index in [1.54, 1.807) is 0 Å². The highest BCUT2D eigenvalue weighted by atomic mass is 16.7. The Labute approximate surface area is 410 Å². The first-order valence-electron chi connectivity index (χ1n) is 24.2. The summed E-state index contributed by atoms with van der Waals surface area (Å²) in [6.07, 6.45) is 8.09. The minimum atomic E-state index is -1.26. The molecule has 0 amide bonds. The van der Waals surface area contributed by atoms with E-state index in [1.807, 2.05) is 12.1 Å². The second kappa shape index (κ2) is 25.6. The topological polar surface area (TPSA) is 136 Å². The number of aliphatic carboxylic acids is 2. The number of hydrogen-bond donors (Lipinski definition) is 2. The zero-order valence-corrected chi connectivity index (χ0v) is 39.4. The number of hydrogen-bond acceptors (Lipinski definition) is 10. The number of piperidine rings is 2. The Morgan fingerprint density at radius 3 is 1.19 bits per heavy atom. The summed E-state index contributed by atoms with van der Waals surface area (Å²) in [5.74, 6) is 0.919. The molecular formula is C58H62N2O10. The van der Waals surface area contributed by atoms with Crippen LogP contribution in [0.1, 0.15) is 71.3 Å². The first kappa shape index (κ1) is 49.5. The monoisotopic (exact) mass is 946 g/mol. The van der Waals surface area contributed by atoms with E-state index in [1.165, 1.54) is 46.2 Å². The van der Waals surface area contributed by atoms with Crippen LogP contribution in [0, 0.1) is 0 Å². The normalized spacial score (nSPS) is 17.4. The molecule has 4 heterocycles. The van der Waals surface area contributed by atoms with E-state index >= 15 is 0 Å². The first-order valence-corrected chi connectivity index (χ1v) is 24.2. The smallest absolute Gasteiger partial charge is 0.328 e. The third kappa shape index (κ3) is 14.8. The lowest BCUT2D eigenvalue weighted by atomic mass is 10.00. The van der Waals surface area contributed by atoms with Crippen LogP contribution in [0.15, 0.2) is 170 Å². The van der Waals surface area contributed by atoms with Crippen LogP contribution >= 0.6 is 0 Å². The molecule has 2 atom stereocenters. The number of nitrogens with zero attached hydrogens (tertiary/aromatic N) is 2. The Morgan fingerprint density at radius 1 is 0.500 bits per heavy atom. The SMILES string of the molecule is O=C(O)/C=C/C(=O)O.c1ccc(C(OC2CCCN(CCc3ccc4c(c3)OCO4)C2)c2ccccc2)cc1.c1ccc(C(OC2CCCN(CCc3ccc4c(c3)OCO4)C2)c2ccccc2)cc1. The Morgan fingerprint density at radius 2 is 0.843 bits per heavy atom. The fourth-order valence-electron chi connectivity index (χ4n) is 9.16. The molecule has 2 unspecified atom stereocenters. The van der Waals surface area contributed by atoms with Gasteiger partial charge in [-0.3, -0.25) is 0 Å². The average molecular weight is 947 g/mol. The van der Waals surface area contributed by atoms with E-state index in [0.717, 1.165) is 87.9 Å². The molecule has 4 aliphatic heterocycles. The van der Waals surface area contributed by atoms with Crippen molar-refractivity contribution in [2.24, 2.45) is 0 Å². The summed E-state index contributed by atoms with van der Waals surface area (Å²) >= 11 is 0. The summed E-state index contributed by atoms with van der Waals surface area (Å²) in [5.41, 5.74) is 7.44. The molecule has 70 heavy (non-hydrogen) atoms. The molecule has 0 spiro atoms. The van der Waals surface area contributed by atoms with Gasteiger partial charge in [-0.15, -0.1) is 0 Å². The van der Waals surface area contributed by atoms with E-state index < -0.39 is 11.9 Å². The van der Waals surface area contributed by atoms with Crippen molar-refractivity contribution >= 4 is 11.9 Å². The maximum absolute atomic E-state index is 9.55. The first-order chi connectivity index (χ1) is 34.3. The van der Waals surface area contributed by atoms with Crippen molar-refractivity contribution in [3.63, 3.8) is 0 Å². The van der Waals surface area contributed by atoms with E-state index in [4.69, 9.17) is 38.6 Å². The zero-order valence-electron chi connectivity index (χ0n) is 39.4. The van der Waals surface area contributed by atoms with Crippen LogP contribution in [0.5, 0.6) is 23.0 Å². The molecule has 10 rings (SSSR count). The predicted molar refractivity (Wildman–Crippen MR) is 267 cm³/mol. The minimum absolute atomic E-state index is 0.0267. The van der Waals surface area contributed by atoms with Gasteiger partial charge in [0, 0.05) is 38.3 Å². The lowest BCUT2D eigenvalue weighted by molar-refractivity contribution is -0.134. The van der Waals surface area contributed by atoms with Gasteiger partial charge in [-0.1, -0.05) is 133 Å². The Hall–Kier alpha value is -6.96. The molecule has 0 saturated carbocycles. The number of carbonyl (C=O) groups is 2. The van der Waals surface area contributed by atoms with Gasteiger partial charge >= 0.3 is 11.9 Å². The highest BCUT2D eigenvalue weighted by Crippen LogP contribution is 2.35. The van der Waals surface area contributed by atoms with Gasteiger partial charge in [-0.2, -0.15) is 0 Å². The van der Waals surface area contributed by atoms with E-state index in [0.29, 0.717) is 25.7 Å². The van der Waals surface area contributed by atoms with Crippen molar-refractivity contribution in [3.8, 4) is 23.0 Å². The lowest BCUT2D eigenvalue weighted by Crippen LogP contribution is -2.41. The molecule has 2 N–H and O–H groups in total. The maximum atomic E-state index is 9.55. The van der Waals surface area contributed by atoms with Crippen LogP contribution in [0.3, 0.4) is 0 Å². The number of benzene rings is 6. The van der Waals surface area contributed by atoms with Crippen molar-refractivity contribution in [2.45, 2.75) is 62.9 Å². The number of likely N-dealkylation sites (tertiary alicyclic amines) is 2. The maximum Gasteiger partial charge on any atom is 0.328 e. The molecule has 0 bridgehead atoms. The summed E-state index contributed by atoms with van der Waals surface area (Å²) in [4.78, 5) is 24.2. The minimum Gasteiger partial charge on any atom is -0.478 e. The van der Waals surface area contributed by atoms with Gasteiger partial charge in [0.05, 0.1) is 12.2 Å². The fourth-order valence-corrected chi connectivity index (χ4v) is 9.16. The van der Waals surface area contributed by atoms with Crippen LogP contribution in [0.4, 0.5) is 0 Å².